The minimum Gasteiger partial charge on any atom is -0.319 e. The van der Waals surface area contributed by atoms with Crippen molar-refractivity contribution < 1.29 is 4.79 Å². The van der Waals surface area contributed by atoms with Crippen LogP contribution in [0.25, 0.3) is 11.4 Å². The smallest absolute Gasteiger partial charge is 0.319 e. The molecule has 0 atom stereocenters. The Morgan fingerprint density at radius 3 is 2.59 bits per heavy atom. The number of nitrogens with one attached hydrogen (secondary N) is 1. The van der Waals surface area contributed by atoms with Crippen LogP contribution in [0.2, 0.25) is 0 Å². The Morgan fingerprint density at radius 2 is 1.90 bits per heavy atom. The number of nitrogens with zero attached hydrogens (tertiary/aromatic N) is 5. The van der Waals surface area contributed by atoms with Crippen LogP contribution in [-0.2, 0) is 13.0 Å². The summed E-state index contributed by atoms with van der Waals surface area (Å²) in [4.78, 5) is 16.2. The lowest BCUT2D eigenvalue weighted by Crippen LogP contribution is -2.47. The molecular weight excluding hydrogens is 364 g/mol. The first-order valence-corrected chi connectivity index (χ1v) is 10.1. The minimum absolute atomic E-state index is 0.0144. The molecule has 1 saturated carbocycles. The molecule has 2 saturated heterocycles. The molecule has 2 aromatic carbocycles. The van der Waals surface area contributed by atoms with E-state index in [0.717, 1.165) is 42.6 Å². The maximum absolute atomic E-state index is 12.6. The van der Waals surface area contributed by atoms with Crippen molar-refractivity contribution >= 4 is 11.7 Å². The van der Waals surface area contributed by atoms with Crippen molar-refractivity contribution in [2.75, 3.05) is 11.9 Å². The molecule has 3 heterocycles. The Balaban J connectivity index is 1.16. The predicted octanol–water partition coefficient (Wildman–Crippen LogP) is 3.60. The van der Waals surface area contributed by atoms with Gasteiger partial charge >= 0.3 is 6.03 Å². The first-order chi connectivity index (χ1) is 14.1. The maximum Gasteiger partial charge on any atom is 0.322 e. The number of aromatic nitrogens is 4. The Labute approximate surface area is 169 Å². The van der Waals surface area contributed by atoms with E-state index in [1.165, 1.54) is 0 Å². The summed E-state index contributed by atoms with van der Waals surface area (Å²) in [5.74, 6) is 1.33. The average Bonchev–Trinajstić information content (AvgIpc) is 3.41. The lowest BCUT2D eigenvalue weighted by atomic mass is 9.75. The molecule has 2 amide bonds. The molecule has 7 heteroatoms. The first kappa shape index (κ1) is 17.8. The van der Waals surface area contributed by atoms with Crippen molar-refractivity contribution in [1.29, 1.82) is 0 Å². The molecule has 29 heavy (non-hydrogen) atoms. The fourth-order valence-corrected chi connectivity index (χ4v) is 4.56. The molecule has 0 spiro atoms. The summed E-state index contributed by atoms with van der Waals surface area (Å²) < 4.78 is 0. The number of carbonyl (C=O) groups excluding carboxylic acids is 1. The number of hydrogen-bond acceptors (Lipinski definition) is 4. The van der Waals surface area contributed by atoms with Crippen molar-refractivity contribution in [1.82, 2.24) is 25.1 Å². The van der Waals surface area contributed by atoms with Gasteiger partial charge in [-0.25, -0.2) is 4.79 Å². The van der Waals surface area contributed by atoms with E-state index in [9.17, 15) is 4.79 Å². The van der Waals surface area contributed by atoms with Crippen molar-refractivity contribution in [2.24, 2.45) is 5.92 Å². The molecule has 3 aliphatic rings. The molecule has 0 unspecified atom stereocenters. The Morgan fingerprint density at radius 1 is 1.14 bits per heavy atom. The van der Waals surface area contributed by atoms with Crippen LogP contribution in [0.1, 0.15) is 25.3 Å². The van der Waals surface area contributed by atoms with Gasteiger partial charge < -0.3 is 10.2 Å². The first-order valence-electron chi connectivity index (χ1n) is 10.1. The fourth-order valence-electron chi connectivity index (χ4n) is 4.56. The van der Waals surface area contributed by atoms with Crippen LogP contribution >= 0.6 is 0 Å². The van der Waals surface area contributed by atoms with Crippen LogP contribution < -0.4 is 5.32 Å². The largest absolute Gasteiger partial charge is 0.322 e. The van der Waals surface area contributed by atoms with Gasteiger partial charge in [-0.2, -0.15) is 4.80 Å². The van der Waals surface area contributed by atoms with Gasteiger partial charge in [-0.15, -0.1) is 10.2 Å². The van der Waals surface area contributed by atoms with Gasteiger partial charge in [0.2, 0.25) is 5.82 Å². The van der Waals surface area contributed by atoms with E-state index in [4.69, 9.17) is 0 Å². The van der Waals surface area contributed by atoms with Crippen LogP contribution in [0.5, 0.6) is 0 Å². The molecule has 3 fully saturated rings. The van der Waals surface area contributed by atoms with Crippen LogP contribution in [0, 0.1) is 5.92 Å². The molecule has 1 aromatic heterocycles. The minimum atomic E-state index is 0.0144. The van der Waals surface area contributed by atoms with Gasteiger partial charge in [-0.05, 0) is 55.0 Å². The van der Waals surface area contributed by atoms with E-state index in [2.05, 4.69) is 27.7 Å². The second kappa shape index (κ2) is 6.99. The number of rotatable bonds is 5. The highest BCUT2D eigenvalue weighted by Crippen LogP contribution is 2.50. The maximum atomic E-state index is 12.6. The van der Waals surface area contributed by atoms with E-state index in [-0.39, 0.29) is 11.6 Å². The highest BCUT2D eigenvalue weighted by Gasteiger charge is 2.54. The Hall–Kier alpha value is -3.22. The van der Waals surface area contributed by atoms with Gasteiger partial charge in [0.15, 0.2) is 0 Å². The lowest BCUT2D eigenvalue weighted by molar-refractivity contribution is 0.147. The number of benzene rings is 2. The van der Waals surface area contributed by atoms with E-state index >= 15 is 0 Å². The van der Waals surface area contributed by atoms with Gasteiger partial charge in [-0.1, -0.05) is 42.5 Å². The molecule has 1 aliphatic carbocycles. The third-order valence-corrected chi connectivity index (χ3v) is 6.08. The number of hydrogen-bond donors (Lipinski definition) is 1. The summed E-state index contributed by atoms with van der Waals surface area (Å²) in [6.07, 6.45) is 3.08. The van der Waals surface area contributed by atoms with Crippen LogP contribution in [-0.4, -0.2) is 43.2 Å². The van der Waals surface area contributed by atoms with Crippen molar-refractivity contribution in [2.45, 2.75) is 38.3 Å². The molecule has 3 aromatic rings. The molecule has 2 bridgehead atoms. The molecule has 1 N–H and O–H groups in total. The molecule has 0 radical (unpaired) electrons. The van der Waals surface area contributed by atoms with Crippen molar-refractivity contribution in [3.8, 4) is 11.4 Å². The summed E-state index contributed by atoms with van der Waals surface area (Å²) in [6, 6.07) is 17.8. The van der Waals surface area contributed by atoms with E-state index < -0.39 is 0 Å². The number of anilines is 1. The molecule has 6 rings (SSSR count). The topological polar surface area (TPSA) is 75.9 Å². The highest BCUT2D eigenvalue weighted by atomic mass is 16.2. The normalized spacial score (nSPS) is 22.4. The number of fused-ring (bicyclic) bond motifs is 1. The van der Waals surface area contributed by atoms with Gasteiger partial charge in [-0.3, -0.25) is 0 Å². The Kier molecular flexibility index (Phi) is 4.30. The second-order valence-electron chi connectivity index (χ2n) is 8.33. The van der Waals surface area contributed by atoms with Crippen molar-refractivity contribution in [3.63, 3.8) is 0 Å². The summed E-state index contributed by atoms with van der Waals surface area (Å²) in [5, 5.41) is 15.7. The van der Waals surface area contributed by atoms with Gasteiger partial charge in [0.1, 0.15) is 0 Å². The second-order valence-corrected chi connectivity index (χ2v) is 8.33. The zero-order valence-corrected chi connectivity index (χ0v) is 16.5. The summed E-state index contributed by atoms with van der Waals surface area (Å²) in [5.41, 5.74) is 3.02. The summed E-state index contributed by atoms with van der Waals surface area (Å²) in [6.45, 7) is 3.72. The van der Waals surface area contributed by atoms with E-state index in [1.807, 2.05) is 59.5 Å². The number of urea groups is 1. The number of carbonyl (C=O) groups is 1. The van der Waals surface area contributed by atoms with Gasteiger partial charge in [0.05, 0.1) is 6.54 Å². The molecule has 148 valence electrons. The fraction of sp³-hybridized carbons (Fsp3) is 0.364. The monoisotopic (exact) mass is 388 g/mol. The molecular formula is C22H24N6O. The third-order valence-electron chi connectivity index (χ3n) is 6.08. The average molecular weight is 388 g/mol. The quantitative estimate of drug-likeness (QED) is 0.725. The standard InChI is InChI=1S/C22H24N6O/c1-22-13-17(14-22)15-27(22)21(29)23-19-9-7-16(8-10-19)11-12-28-25-20(24-26-28)18-5-3-2-4-6-18/h2-10,17H,11-15H2,1H3,(H,23,29). The van der Waals surface area contributed by atoms with Gasteiger partial charge in [0, 0.05) is 23.3 Å². The van der Waals surface area contributed by atoms with Gasteiger partial charge in [0.25, 0.3) is 0 Å². The van der Waals surface area contributed by atoms with Crippen LogP contribution in [0.4, 0.5) is 10.5 Å². The number of tetrazole rings is 1. The Bertz CT molecular complexity index is 1010. The third kappa shape index (κ3) is 3.48. The number of amides is 2. The zero-order chi connectivity index (χ0) is 19.8. The lowest BCUT2D eigenvalue weighted by Gasteiger charge is -2.38. The molecule has 2 aliphatic heterocycles. The SMILES string of the molecule is CC12CC(CN1C(=O)Nc1ccc(CCn3nnc(-c4ccccc4)n3)cc1)C2. The highest BCUT2D eigenvalue weighted by molar-refractivity contribution is 5.90. The summed E-state index contributed by atoms with van der Waals surface area (Å²) in [7, 11) is 0. The molecule has 7 nitrogen and oxygen atoms in total. The van der Waals surface area contributed by atoms with E-state index in [0.29, 0.717) is 18.3 Å². The summed E-state index contributed by atoms with van der Waals surface area (Å²) >= 11 is 0. The zero-order valence-electron chi connectivity index (χ0n) is 16.5. The van der Waals surface area contributed by atoms with Crippen LogP contribution in [0.3, 0.4) is 0 Å². The number of aryl methyl sites for hydroxylation is 2. The van der Waals surface area contributed by atoms with Crippen molar-refractivity contribution in [3.05, 3.63) is 60.2 Å². The predicted molar refractivity (Wildman–Crippen MR) is 110 cm³/mol. The van der Waals surface area contributed by atoms with Crippen LogP contribution in [0.15, 0.2) is 54.6 Å². The van der Waals surface area contributed by atoms with E-state index in [1.54, 1.807) is 4.80 Å².